The quantitative estimate of drug-likeness (QED) is 0.305. The molecule has 39 heavy (non-hydrogen) atoms. The number of methoxy groups -OCH3 is 1. The smallest absolute Gasteiger partial charge is 0.260 e. The lowest BCUT2D eigenvalue weighted by Gasteiger charge is -2.21. The van der Waals surface area contributed by atoms with Crippen LogP contribution < -0.4 is 30.3 Å². The number of nitrogens with zero attached hydrogens (tertiary/aromatic N) is 1. The van der Waals surface area contributed by atoms with E-state index in [0.29, 0.717) is 41.6 Å². The van der Waals surface area contributed by atoms with Gasteiger partial charge in [0.2, 0.25) is 5.91 Å². The zero-order valence-corrected chi connectivity index (χ0v) is 23.8. The van der Waals surface area contributed by atoms with Crippen molar-refractivity contribution in [2.24, 2.45) is 0 Å². The molecule has 3 aromatic carbocycles. The molecular formula is C29H35N4O5P. The average molecular weight is 551 g/mol. The second-order valence-electron chi connectivity index (χ2n) is 9.27. The van der Waals surface area contributed by atoms with Gasteiger partial charge in [0.05, 0.1) is 31.0 Å². The number of para-hydroxylation sites is 1. The Morgan fingerprint density at radius 1 is 1.03 bits per heavy atom. The Kier molecular flexibility index (Phi) is 9.41. The first-order chi connectivity index (χ1) is 18.9. The molecule has 0 saturated heterocycles. The van der Waals surface area contributed by atoms with Crippen LogP contribution in [0.4, 0.5) is 17.1 Å². The van der Waals surface area contributed by atoms with E-state index in [9.17, 15) is 9.59 Å². The lowest BCUT2D eigenvalue weighted by Crippen LogP contribution is -2.35. The predicted molar refractivity (Wildman–Crippen MR) is 157 cm³/mol. The van der Waals surface area contributed by atoms with Gasteiger partial charge in [0.25, 0.3) is 5.91 Å². The molecule has 2 unspecified atom stereocenters. The van der Waals surface area contributed by atoms with Gasteiger partial charge in [-0.1, -0.05) is 18.2 Å². The lowest BCUT2D eigenvalue weighted by molar-refractivity contribution is -0.117. The molecule has 2 amide bonds. The van der Waals surface area contributed by atoms with Crippen molar-refractivity contribution in [3.63, 3.8) is 0 Å². The molecule has 3 N–H and O–H groups in total. The molecule has 0 bridgehead atoms. The fraction of sp³-hybridized carbons (Fsp3) is 0.310. The van der Waals surface area contributed by atoms with E-state index in [-0.39, 0.29) is 24.5 Å². The second kappa shape index (κ2) is 12.9. The number of benzene rings is 3. The van der Waals surface area contributed by atoms with Gasteiger partial charge in [0.1, 0.15) is 6.61 Å². The van der Waals surface area contributed by atoms with E-state index >= 15 is 0 Å². The van der Waals surface area contributed by atoms with Crippen LogP contribution in [-0.4, -0.2) is 45.6 Å². The lowest BCUT2D eigenvalue weighted by atomic mass is 10.1. The van der Waals surface area contributed by atoms with Crippen molar-refractivity contribution in [1.82, 2.24) is 5.32 Å². The summed E-state index contributed by atoms with van der Waals surface area (Å²) in [6, 6.07) is 16.8. The summed E-state index contributed by atoms with van der Waals surface area (Å²) in [5, 5.41) is 8.99. The molecule has 1 heterocycles. The predicted octanol–water partition coefficient (Wildman–Crippen LogP) is 4.37. The van der Waals surface area contributed by atoms with Crippen molar-refractivity contribution in [2.45, 2.75) is 32.6 Å². The molecule has 206 valence electrons. The normalized spacial score (nSPS) is 13.0. The summed E-state index contributed by atoms with van der Waals surface area (Å²) in [6.45, 7) is 2.98. The van der Waals surface area contributed by atoms with E-state index in [1.54, 1.807) is 45.2 Å². The van der Waals surface area contributed by atoms with E-state index in [2.05, 4.69) is 31.5 Å². The zero-order chi connectivity index (χ0) is 27.9. The maximum atomic E-state index is 13.6. The molecule has 0 saturated carbocycles. The van der Waals surface area contributed by atoms with Gasteiger partial charge in [0, 0.05) is 40.5 Å². The Morgan fingerprint density at radius 3 is 2.46 bits per heavy atom. The molecular weight excluding hydrogens is 515 g/mol. The Hall–Kier alpha value is -3.65. The van der Waals surface area contributed by atoms with Gasteiger partial charge in [-0.15, -0.1) is 0 Å². The Labute approximate surface area is 231 Å². The number of anilines is 3. The van der Waals surface area contributed by atoms with Crippen molar-refractivity contribution in [1.29, 1.82) is 0 Å². The van der Waals surface area contributed by atoms with Crippen LogP contribution in [0.2, 0.25) is 0 Å². The van der Waals surface area contributed by atoms with E-state index < -0.39 is 0 Å². The van der Waals surface area contributed by atoms with Crippen LogP contribution in [0.5, 0.6) is 11.5 Å². The summed E-state index contributed by atoms with van der Waals surface area (Å²) in [7, 11) is 7.29. The van der Waals surface area contributed by atoms with Crippen molar-refractivity contribution in [3.05, 3.63) is 76.9 Å². The average Bonchev–Trinajstić information content (AvgIpc) is 3.39. The molecule has 9 nitrogen and oxygen atoms in total. The number of hydrogen-bond donors (Lipinski definition) is 3. The number of rotatable bonds is 11. The van der Waals surface area contributed by atoms with Gasteiger partial charge in [-0.2, -0.15) is 0 Å². The summed E-state index contributed by atoms with van der Waals surface area (Å²) in [4.78, 5) is 27.8. The Bertz CT molecular complexity index is 1350. The van der Waals surface area contributed by atoms with Crippen molar-refractivity contribution in [3.8, 4) is 11.5 Å². The summed E-state index contributed by atoms with van der Waals surface area (Å²) in [6.07, 6.45) is 0.826. The number of fused-ring (bicyclic) bond motifs is 1. The first-order valence-corrected chi connectivity index (χ1v) is 13.2. The zero-order valence-electron chi connectivity index (χ0n) is 22.7. The Balaban J connectivity index is 1.57. The topological polar surface area (TPSA) is 101 Å². The van der Waals surface area contributed by atoms with Crippen LogP contribution in [0.15, 0.2) is 54.6 Å². The van der Waals surface area contributed by atoms with Gasteiger partial charge < -0.3 is 34.8 Å². The highest BCUT2D eigenvalue weighted by atomic mass is 31.0. The van der Waals surface area contributed by atoms with E-state index in [0.717, 1.165) is 28.8 Å². The molecule has 10 heteroatoms. The van der Waals surface area contributed by atoms with Crippen molar-refractivity contribution in [2.75, 3.05) is 43.3 Å². The van der Waals surface area contributed by atoms with Crippen molar-refractivity contribution >= 4 is 38.3 Å². The highest BCUT2D eigenvalue weighted by Gasteiger charge is 2.28. The minimum absolute atomic E-state index is 0.101. The SMILES string of the molecule is CNc1cc(OCc2cc(COP)cc(NC(=O)C(C)NC)c2)c(OC)cc1C(=O)N1CCc2ccccc21. The fourth-order valence-electron chi connectivity index (χ4n) is 4.55. The summed E-state index contributed by atoms with van der Waals surface area (Å²) in [5.41, 5.74) is 5.60. The molecule has 3 aromatic rings. The van der Waals surface area contributed by atoms with Crippen molar-refractivity contribution < 1.29 is 23.6 Å². The maximum Gasteiger partial charge on any atom is 0.260 e. The number of amides is 2. The molecule has 0 radical (unpaired) electrons. The minimum atomic E-state index is -0.342. The van der Waals surface area contributed by atoms with Gasteiger partial charge in [-0.25, -0.2) is 0 Å². The second-order valence-corrected chi connectivity index (χ2v) is 9.60. The molecule has 0 aliphatic carbocycles. The van der Waals surface area contributed by atoms with Crippen LogP contribution in [-0.2, 0) is 29.0 Å². The van der Waals surface area contributed by atoms with E-state index in [1.165, 1.54) is 0 Å². The molecule has 1 aliphatic heterocycles. The number of ether oxygens (including phenoxy) is 2. The highest BCUT2D eigenvalue weighted by molar-refractivity contribution is 7.09. The number of nitrogens with one attached hydrogen (secondary N) is 3. The summed E-state index contributed by atoms with van der Waals surface area (Å²) in [5.74, 6) is 0.693. The number of carbonyl (C=O) groups is 2. The highest BCUT2D eigenvalue weighted by Crippen LogP contribution is 2.37. The van der Waals surface area contributed by atoms with Crippen LogP contribution in [0.1, 0.15) is 34.0 Å². The largest absolute Gasteiger partial charge is 0.493 e. The third-order valence-electron chi connectivity index (χ3n) is 6.73. The van der Waals surface area contributed by atoms with Gasteiger partial charge in [0.15, 0.2) is 11.5 Å². The molecule has 2 atom stereocenters. The molecule has 0 aromatic heterocycles. The monoisotopic (exact) mass is 550 g/mol. The first kappa shape index (κ1) is 28.4. The van der Waals surface area contributed by atoms with Crippen LogP contribution in [0.25, 0.3) is 0 Å². The third-order valence-corrected chi connectivity index (χ3v) is 6.89. The third kappa shape index (κ3) is 6.50. The number of likely N-dealkylation sites (N-methyl/N-ethyl adjacent to an activating group) is 1. The first-order valence-electron chi connectivity index (χ1n) is 12.7. The van der Waals surface area contributed by atoms with Crippen LogP contribution >= 0.6 is 9.47 Å². The number of carbonyl (C=O) groups excluding carboxylic acids is 2. The van der Waals surface area contributed by atoms with E-state index in [4.69, 9.17) is 14.0 Å². The molecule has 0 spiro atoms. The molecule has 4 rings (SSSR count). The Morgan fingerprint density at radius 2 is 1.77 bits per heavy atom. The fourth-order valence-corrected chi connectivity index (χ4v) is 4.74. The minimum Gasteiger partial charge on any atom is -0.493 e. The molecule has 1 aliphatic rings. The van der Waals surface area contributed by atoms with Gasteiger partial charge in [-0.05, 0) is 67.4 Å². The maximum absolute atomic E-state index is 13.6. The standard InChI is InChI=1S/C29H35N4O5P/c1-18(30-2)28(34)32-22-12-19(11-20(13-22)17-38-39)16-37-27-15-24(31-3)23(14-26(27)36-4)29(35)33-10-9-21-7-5-6-8-25(21)33/h5-8,11-15,18,30-31H,9-10,16-17,39H2,1-4H3,(H,32,34). The van der Waals surface area contributed by atoms with Gasteiger partial charge in [-0.3, -0.25) is 9.59 Å². The van der Waals surface area contributed by atoms with Crippen LogP contribution in [0, 0.1) is 0 Å². The number of hydrogen-bond acceptors (Lipinski definition) is 7. The van der Waals surface area contributed by atoms with E-state index in [1.807, 2.05) is 36.4 Å². The van der Waals surface area contributed by atoms with Crippen LogP contribution in [0.3, 0.4) is 0 Å². The summed E-state index contributed by atoms with van der Waals surface area (Å²) < 4.78 is 17.0. The van der Waals surface area contributed by atoms with Gasteiger partial charge >= 0.3 is 0 Å². The summed E-state index contributed by atoms with van der Waals surface area (Å²) >= 11 is 0. The molecule has 0 fully saturated rings.